The molecule has 1 amide bonds. The number of ether oxygens (including phenoxy) is 1. The van der Waals surface area contributed by atoms with E-state index in [2.05, 4.69) is 15.5 Å². The first-order valence-electron chi connectivity index (χ1n) is 7.05. The molecule has 2 aromatic rings. The number of rotatable bonds is 9. The average molecular weight is 353 g/mol. The van der Waals surface area contributed by atoms with Gasteiger partial charge in [-0.05, 0) is 24.3 Å². The summed E-state index contributed by atoms with van der Waals surface area (Å²) in [5, 5.41) is 11.1. The Labute approximate surface area is 143 Å². The Morgan fingerprint density at radius 3 is 2.96 bits per heavy atom. The van der Waals surface area contributed by atoms with Crippen molar-refractivity contribution in [2.45, 2.75) is 17.4 Å². The van der Waals surface area contributed by atoms with Crippen molar-refractivity contribution in [3.05, 3.63) is 35.7 Å². The summed E-state index contributed by atoms with van der Waals surface area (Å²) in [5.41, 5.74) is 1.07. The number of nitrogens with one attached hydrogen (secondary N) is 1. The normalized spacial score (nSPS) is 10.5. The summed E-state index contributed by atoms with van der Waals surface area (Å²) in [6.07, 6.45) is 2.69. The van der Waals surface area contributed by atoms with Crippen LogP contribution in [-0.4, -0.2) is 41.8 Å². The molecule has 23 heavy (non-hydrogen) atoms. The van der Waals surface area contributed by atoms with Crippen molar-refractivity contribution in [3.8, 4) is 5.75 Å². The minimum atomic E-state index is -0.0606. The first kappa shape index (κ1) is 17.7. The van der Waals surface area contributed by atoms with E-state index in [1.807, 2.05) is 30.5 Å². The number of methoxy groups -OCH3 is 1. The van der Waals surface area contributed by atoms with E-state index in [0.717, 1.165) is 17.7 Å². The van der Waals surface area contributed by atoms with E-state index in [1.54, 1.807) is 18.9 Å². The number of carbonyl (C=O) groups is 1. The molecule has 0 atom stereocenters. The fraction of sp³-hybridized carbons (Fsp3) is 0.400. The van der Waals surface area contributed by atoms with Crippen molar-refractivity contribution in [2.75, 3.05) is 25.7 Å². The summed E-state index contributed by atoms with van der Waals surface area (Å²) < 4.78 is 10.7. The lowest BCUT2D eigenvalue weighted by atomic mass is 10.1. The second-order valence-electron chi connectivity index (χ2n) is 4.60. The lowest BCUT2D eigenvalue weighted by Crippen LogP contribution is -2.27. The van der Waals surface area contributed by atoms with Gasteiger partial charge in [-0.25, -0.2) is 0 Å². The van der Waals surface area contributed by atoms with Crippen molar-refractivity contribution in [1.29, 1.82) is 0 Å². The zero-order valence-electron chi connectivity index (χ0n) is 13.1. The number of amides is 1. The Hall–Kier alpha value is -1.67. The Balaban J connectivity index is 1.70. The van der Waals surface area contributed by atoms with Gasteiger partial charge in [0.25, 0.3) is 5.22 Å². The van der Waals surface area contributed by atoms with Crippen molar-refractivity contribution < 1.29 is 13.9 Å². The van der Waals surface area contributed by atoms with Crippen LogP contribution in [0.1, 0.15) is 11.5 Å². The van der Waals surface area contributed by atoms with E-state index >= 15 is 0 Å². The molecular formula is C15H19N3O3S2. The van der Waals surface area contributed by atoms with Gasteiger partial charge in [0.2, 0.25) is 11.8 Å². The minimum absolute atomic E-state index is 0.0606. The Bertz CT molecular complexity index is 634. The maximum atomic E-state index is 11.8. The summed E-state index contributed by atoms with van der Waals surface area (Å²) in [5.74, 6) is 2.29. The predicted molar refractivity (Wildman–Crippen MR) is 91.9 cm³/mol. The van der Waals surface area contributed by atoms with Gasteiger partial charge in [-0.1, -0.05) is 30.0 Å². The highest BCUT2D eigenvalue weighted by atomic mass is 32.2. The number of hydrogen-bond donors (Lipinski definition) is 1. The second kappa shape index (κ2) is 9.46. The van der Waals surface area contributed by atoms with Gasteiger partial charge < -0.3 is 14.5 Å². The number of carbonyl (C=O) groups excluding carboxylic acids is 1. The molecule has 0 aliphatic carbocycles. The van der Waals surface area contributed by atoms with E-state index in [4.69, 9.17) is 9.15 Å². The molecule has 0 saturated carbocycles. The third-order valence-corrected chi connectivity index (χ3v) is 4.31. The number of aromatic nitrogens is 2. The van der Waals surface area contributed by atoms with Crippen LogP contribution in [0.3, 0.4) is 0 Å². The zero-order valence-corrected chi connectivity index (χ0v) is 14.7. The number of para-hydroxylation sites is 1. The molecule has 1 aromatic heterocycles. The first-order chi connectivity index (χ1) is 11.2. The summed E-state index contributed by atoms with van der Waals surface area (Å²) in [4.78, 5) is 11.8. The lowest BCUT2D eigenvalue weighted by molar-refractivity contribution is -0.118. The molecule has 6 nitrogen and oxygen atoms in total. The zero-order chi connectivity index (χ0) is 16.5. The highest BCUT2D eigenvalue weighted by molar-refractivity contribution is 7.99. The molecule has 1 heterocycles. The molecule has 0 aliphatic rings. The third-order valence-electron chi connectivity index (χ3n) is 2.95. The Morgan fingerprint density at radius 1 is 1.35 bits per heavy atom. The van der Waals surface area contributed by atoms with E-state index in [9.17, 15) is 4.79 Å². The molecular weight excluding hydrogens is 334 g/mol. The molecule has 0 spiro atoms. The lowest BCUT2D eigenvalue weighted by Gasteiger charge is -2.08. The highest BCUT2D eigenvalue weighted by Crippen LogP contribution is 2.18. The smallest absolute Gasteiger partial charge is 0.277 e. The molecule has 8 heteroatoms. The molecule has 0 unspecified atom stereocenters. The van der Waals surface area contributed by atoms with Crippen molar-refractivity contribution in [2.24, 2.45) is 0 Å². The molecule has 0 bridgehead atoms. The SMILES string of the molecule is COc1ccccc1CCNC(=O)CSc1nnc(CSC)o1. The van der Waals surface area contributed by atoms with Gasteiger partial charge in [0.1, 0.15) is 5.75 Å². The Morgan fingerprint density at radius 2 is 2.17 bits per heavy atom. The fourth-order valence-corrected chi connectivity index (χ4v) is 2.88. The third kappa shape index (κ3) is 5.80. The average Bonchev–Trinajstić information content (AvgIpc) is 3.01. The number of thioether (sulfide) groups is 2. The molecule has 2 rings (SSSR count). The number of benzene rings is 1. The van der Waals surface area contributed by atoms with Crippen molar-refractivity contribution in [1.82, 2.24) is 15.5 Å². The highest BCUT2D eigenvalue weighted by Gasteiger charge is 2.09. The van der Waals surface area contributed by atoms with Gasteiger partial charge in [0, 0.05) is 6.54 Å². The van der Waals surface area contributed by atoms with Gasteiger partial charge in [0.05, 0.1) is 18.6 Å². The molecule has 0 radical (unpaired) electrons. The predicted octanol–water partition coefficient (Wildman–Crippen LogP) is 2.39. The molecule has 1 aromatic carbocycles. The summed E-state index contributed by atoms with van der Waals surface area (Å²) in [7, 11) is 1.64. The summed E-state index contributed by atoms with van der Waals surface area (Å²) in [6, 6.07) is 7.78. The maximum Gasteiger partial charge on any atom is 0.277 e. The molecule has 0 saturated heterocycles. The summed E-state index contributed by atoms with van der Waals surface area (Å²) in [6.45, 7) is 0.557. The van der Waals surface area contributed by atoms with Gasteiger partial charge in [-0.15, -0.1) is 10.2 Å². The second-order valence-corrected chi connectivity index (χ2v) is 6.39. The minimum Gasteiger partial charge on any atom is -0.496 e. The number of nitrogens with zero attached hydrogens (tertiary/aromatic N) is 2. The fourth-order valence-electron chi connectivity index (χ4n) is 1.90. The van der Waals surface area contributed by atoms with E-state index in [1.165, 1.54) is 11.8 Å². The largest absolute Gasteiger partial charge is 0.496 e. The van der Waals surface area contributed by atoms with E-state index in [0.29, 0.717) is 23.4 Å². The monoisotopic (exact) mass is 353 g/mol. The van der Waals surface area contributed by atoms with E-state index < -0.39 is 0 Å². The van der Waals surface area contributed by atoms with Crippen LogP contribution in [0.5, 0.6) is 5.75 Å². The van der Waals surface area contributed by atoms with Crippen LogP contribution in [0.2, 0.25) is 0 Å². The van der Waals surface area contributed by atoms with Crippen LogP contribution in [0.15, 0.2) is 33.9 Å². The van der Waals surface area contributed by atoms with Gasteiger partial charge in [-0.3, -0.25) is 4.79 Å². The van der Waals surface area contributed by atoms with Crippen LogP contribution in [0.4, 0.5) is 0 Å². The van der Waals surface area contributed by atoms with Crippen molar-refractivity contribution >= 4 is 29.4 Å². The van der Waals surface area contributed by atoms with E-state index in [-0.39, 0.29) is 11.7 Å². The van der Waals surface area contributed by atoms with Crippen LogP contribution in [0, 0.1) is 0 Å². The maximum absolute atomic E-state index is 11.8. The summed E-state index contributed by atoms with van der Waals surface area (Å²) >= 11 is 2.85. The standard InChI is InChI=1S/C15H19N3O3S2/c1-20-12-6-4-3-5-11(12)7-8-16-13(19)9-23-15-18-17-14(21-15)10-22-2/h3-6H,7-10H2,1-2H3,(H,16,19). The van der Waals surface area contributed by atoms with Crippen LogP contribution in [0.25, 0.3) is 0 Å². The molecule has 0 aliphatic heterocycles. The van der Waals surface area contributed by atoms with Crippen molar-refractivity contribution in [3.63, 3.8) is 0 Å². The molecule has 1 N–H and O–H groups in total. The Kier molecular flexibility index (Phi) is 7.28. The topological polar surface area (TPSA) is 77.2 Å². The first-order valence-corrected chi connectivity index (χ1v) is 9.43. The van der Waals surface area contributed by atoms with Crippen LogP contribution in [-0.2, 0) is 17.0 Å². The number of hydrogen-bond acceptors (Lipinski definition) is 7. The molecule has 124 valence electrons. The van der Waals surface area contributed by atoms with Gasteiger partial charge in [0.15, 0.2) is 0 Å². The van der Waals surface area contributed by atoms with Gasteiger partial charge in [-0.2, -0.15) is 11.8 Å². The van der Waals surface area contributed by atoms with Crippen LogP contribution < -0.4 is 10.1 Å². The quantitative estimate of drug-likeness (QED) is 0.694. The van der Waals surface area contributed by atoms with Crippen LogP contribution >= 0.6 is 23.5 Å². The molecule has 0 fully saturated rings. The van der Waals surface area contributed by atoms with Gasteiger partial charge >= 0.3 is 0 Å².